The maximum Gasteiger partial charge on any atom is 0.252 e. The average molecular weight is 543 g/mol. The molecule has 0 spiro atoms. The van der Waals surface area contributed by atoms with Crippen LogP contribution in [0.3, 0.4) is 0 Å². The molecule has 2 nitrogen and oxygen atoms in total. The lowest BCUT2D eigenvalue weighted by Gasteiger charge is -2.45. The Balaban J connectivity index is 1.36. The van der Waals surface area contributed by atoms with Crippen molar-refractivity contribution in [2.24, 2.45) is 0 Å². The molecule has 0 radical (unpaired) electrons. The average Bonchev–Trinajstić information content (AvgIpc) is 3.91. The maximum absolute atomic E-state index is 2.60. The van der Waals surface area contributed by atoms with E-state index in [1.165, 1.54) is 107 Å². The normalized spacial score (nSPS) is 17.5. The van der Waals surface area contributed by atoms with Crippen molar-refractivity contribution in [3.8, 4) is 0 Å². The van der Waals surface area contributed by atoms with Gasteiger partial charge in [-0.2, -0.15) is 0 Å². The fourth-order valence-corrected chi connectivity index (χ4v) is 8.06. The van der Waals surface area contributed by atoms with E-state index in [1.54, 1.807) is 0 Å². The smallest absolute Gasteiger partial charge is 0.252 e. The Bertz CT molecular complexity index is 1800. The van der Waals surface area contributed by atoms with Crippen LogP contribution >= 0.6 is 0 Å². The van der Waals surface area contributed by atoms with Gasteiger partial charge in [-0.1, -0.05) is 86.0 Å². The highest BCUT2D eigenvalue weighted by atomic mass is 15.2. The zero-order chi connectivity index (χ0) is 27.6. The summed E-state index contributed by atoms with van der Waals surface area (Å²) in [5.74, 6) is 1.34. The molecule has 2 heterocycles. The van der Waals surface area contributed by atoms with Crippen LogP contribution in [0.5, 0.6) is 0 Å². The molecule has 0 atom stereocenters. The molecule has 204 valence electrons. The first-order chi connectivity index (χ1) is 20.8. The van der Waals surface area contributed by atoms with E-state index in [1.807, 2.05) is 0 Å². The van der Waals surface area contributed by atoms with Gasteiger partial charge in [0, 0.05) is 34.1 Å². The number of rotatable bonds is 4. The highest BCUT2D eigenvalue weighted by Gasteiger charge is 2.43. The SMILES string of the molecule is c1ccc(N2c3ccccc3B3c4ccccc4N(c4cccc(C5CC5)c4)c4cc(C5CCCCC5)cc2c43)cc1. The van der Waals surface area contributed by atoms with Gasteiger partial charge in [-0.15, -0.1) is 0 Å². The van der Waals surface area contributed by atoms with Crippen LogP contribution in [0.15, 0.2) is 115 Å². The fourth-order valence-electron chi connectivity index (χ4n) is 8.06. The second-order valence-electron chi connectivity index (χ2n) is 12.7. The van der Waals surface area contributed by atoms with Gasteiger partial charge >= 0.3 is 0 Å². The molecule has 2 fully saturated rings. The predicted molar refractivity (Wildman–Crippen MR) is 178 cm³/mol. The lowest BCUT2D eigenvalue weighted by atomic mass is 9.33. The van der Waals surface area contributed by atoms with Gasteiger partial charge < -0.3 is 9.80 Å². The third kappa shape index (κ3) is 3.79. The number of hydrogen-bond donors (Lipinski definition) is 0. The molecule has 2 aliphatic carbocycles. The van der Waals surface area contributed by atoms with Gasteiger partial charge in [0.1, 0.15) is 0 Å². The summed E-state index contributed by atoms with van der Waals surface area (Å²) < 4.78 is 0. The molecule has 3 heteroatoms. The molecule has 5 aromatic rings. The van der Waals surface area contributed by atoms with Crippen molar-refractivity contribution >= 4 is 57.2 Å². The standard InChI is InChI=1S/C39H35BN2/c1-3-12-27(13-4-1)30-25-37-39-38(26-30)42(32-17-11-14-29(24-32)28-22-23-28)36-21-10-8-19-34(36)40(39)33-18-7-9-20-35(33)41(37)31-15-5-2-6-16-31/h2,5-11,14-21,24-28H,1,3-4,12-13,22-23H2. The van der Waals surface area contributed by atoms with E-state index in [-0.39, 0.29) is 6.71 Å². The van der Waals surface area contributed by atoms with E-state index in [2.05, 4.69) is 125 Å². The molecular formula is C39H35BN2. The summed E-state index contributed by atoms with van der Waals surface area (Å²) >= 11 is 0. The summed E-state index contributed by atoms with van der Waals surface area (Å²) in [6, 6.07) is 43.8. The molecular weight excluding hydrogens is 507 g/mol. The van der Waals surface area contributed by atoms with Gasteiger partial charge in [0.05, 0.1) is 0 Å². The van der Waals surface area contributed by atoms with Crippen LogP contribution in [0.1, 0.15) is 67.9 Å². The van der Waals surface area contributed by atoms with Gasteiger partial charge in [-0.3, -0.25) is 0 Å². The number of hydrogen-bond acceptors (Lipinski definition) is 2. The summed E-state index contributed by atoms with van der Waals surface area (Å²) in [6.45, 7) is 0.200. The molecule has 4 aliphatic rings. The molecule has 5 aromatic carbocycles. The molecule has 9 rings (SSSR count). The first kappa shape index (κ1) is 24.4. The van der Waals surface area contributed by atoms with Crippen LogP contribution in [-0.4, -0.2) is 6.71 Å². The Morgan fingerprint density at radius 3 is 1.69 bits per heavy atom. The zero-order valence-corrected chi connectivity index (χ0v) is 24.0. The first-order valence-corrected chi connectivity index (χ1v) is 16.0. The summed E-state index contributed by atoms with van der Waals surface area (Å²) in [4.78, 5) is 5.14. The second-order valence-corrected chi connectivity index (χ2v) is 12.7. The van der Waals surface area contributed by atoms with E-state index >= 15 is 0 Å². The predicted octanol–water partition coefficient (Wildman–Crippen LogP) is 8.69. The highest BCUT2D eigenvalue weighted by Crippen LogP contribution is 2.48. The maximum atomic E-state index is 2.60. The Labute approximate surface area is 249 Å². The Hall–Kier alpha value is -4.24. The van der Waals surface area contributed by atoms with Crippen molar-refractivity contribution in [2.45, 2.75) is 56.8 Å². The largest absolute Gasteiger partial charge is 0.311 e. The van der Waals surface area contributed by atoms with Crippen molar-refractivity contribution < 1.29 is 0 Å². The van der Waals surface area contributed by atoms with Gasteiger partial charge in [-0.25, -0.2) is 0 Å². The third-order valence-corrected chi connectivity index (χ3v) is 10.2. The second kappa shape index (κ2) is 9.66. The third-order valence-electron chi connectivity index (χ3n) is 10.2. The van der Waals surface area contributed by atoms with Crippen LogP contribution in [0, 0.1) is 0 Å². The highest BCUT2D eigenvalue weighted by molar-refractivity contribution is 7.00. The van der Waals surface area contributed by atoms with E-state index in [9.17, 15) is 0 Å². The van der Waals surface area contributed by atoms with E-state index in [0.29, 0.717) is 5.92 Å². The number of nitrogens with zero attached hydrogens (tertiary/aromatic N) is 2. The van der Waals surface area contributed by atoms with Crippen molar-refractivity contribution in [3.63, 3.8) is 0 Å². The summed E-state index contributed by atoms with van der Waals surface area (Å²) in [6.07, 6.45) is 9.25. The molecule has 2 saturated carbocycles. The molecule has 0 saturated heterocycles. The summed E-state index contributed by atoms with van der Waals surface area (Å²) in [7, 11) is 0. The van der Waals surface area contributed by atoms with Crippen molar-refractivity contribution in [1.82, 2.24) is 0 Å². The summed E-state index contributed by atoms with van der Waals surface area (Å²) in [5, 5.41) is 0. The topological polar surface area (TPSA) is 6.48 Å². The number of anilines is 6. The zero-order valence-electron chi connectivity index (χ0n) is 24.0. The van der Waals surface area contributed by atoms with Crippen LogP contribution < -0.4 is 26.2 Å². The van der Waals surface area contributed by atoms with E-state index < -0.39 is 0 Å². The van der Waals surface area contributed by atoms with Crippen molar-refractivity contribution in [3.05, 3.63) is 126 Å². The van der Waals surface area contributed by atoms with Gasteiger partial charge in [0.15, 0.2) is 0 Å². The molecule has 2 aliphatic heterocycles. The molecule has 0 amide bonds. The first-order valence-electron chi connectivity index (χ1n) is 16.0. The van der Waals surface area contributed by atoms with E-state index in [4.69, 9.17) is 0 Å². The van der Waals surface area contributed by atoms with Crippen LogP contribution in [0.2, 0.25) is 0 Å². The lowest BCUT2D eigenvalue weighted by Crippen LogP contribution is -2.61. The quantitative estimate of drug-likeness (QED) is 0.205. The lowest BCUT2D eigenvalue weighted by molar-refractivity contribution is 0.444. The van der Waals surface area contributed by atoms with Crippen molar-refractivity contribution in [2.75, 3.05) is 9.80 Å². The molecule has 42 heavy (non-hydrogen) atoms. The number of fused-ring (bicyclic) bond motifs is 4. The minimum Gasteiger partial charge on any atom is -0.311 e. The molecule has 0 N–H and O–H groups in total. The number of benzene rings is 5. The Morgan fingerprint density at radius 1 is 0.452 bits per heavy atom. The molecule has 0 bridgehead atoms. The number of para-hydroxylation sites is 3. The molecule has 0 unspecified atom stereocenters. The minimum absolute atomic E-state index is 0.200. The Morgan fingerprint density at radius 2 is 1.02 bits per heavy atom. The minimum atomic E-state index is 0.200. The van der Waals surface area contributed by atoms with Crippen LogP contribution in [-0.2, 0) is 0 Å². The van der Waals surface area contributed by atoms with Gasteiger partial charge in [-0.05, 0) is 114 Å². The fraction of sp³-hybridized carbons (Fsp3) is 0.231. The van der Waals surface area contributed by atoms with Crippen molar-refractivity contribution in [1.29, 1.82) is 0 Å². The van der Waals surface area contributed by atoms with Crippen LogP contribution in [0.4, 0.5) is 34.1 Å². The van der Waals surface area contributed by atoms with Gasteiger partial charge in [0.25, 0.3) is 6.71 Å². The monoisotopic (exact) mass is 542 g/mol. The van der Waals surface area contributed by atoms with Gasteiger partial charge in [0.2, 0.25) is 0 Å². The Kier molecular flexibility index (Phi) is 5.61. The van der Waals surface area contributed by atoms with E-state index in [0.717, 1.165) is 5.92 Å². The van der Waals surface area contributed by atoms with Crippen LogP contribution in [0.25, 0.3) is 0 Å². The molecule has 0 aromatic heterocycles. The summed E-state index contributed by atoms with van der Waals surface area (Å²) in [5.41, 5.74) is 15.1.